The number of thiazole rings is 1. The van der Waals surface area contributed by atoms with E-state index in [4.69, 9.17) is 14.5 Å². The lowest BCUT2D eigenvalue weighted by molar-refractivity contribution is 0.102. The molecule has 6 rings (SSSR count). The fourth-order valence-electron chi connectivity index (χ4n) is 3.88. The maximum Gasteiger partial charge on any atom is 0.258 e. The summed E-state index contributed by atoms with van der Waals surface area (Å²) in [5.41, 5.74) is 2.90. The first-order valence-electron chi connectivity index (χ1n) is 10.6. The van der Waals surface area contributed by atoms with Crippen LogP contribution in [0.3, 0.4) is 0 Å². The quantitative estimate of drug-likeness (QED) is 0.323. The number of rotatable bonds is 4. The predicted molar refractivity (Wildman–Crippen MR) is 129 cm³/mol. The van der Waals surface area contributed by atoms with Gasteiger partial charge in [-0.3, -0.25) is 10.1 Å². The number of para-hydroxylation sites is 1. The Bertz CT molecular complexity index is 1620. The predicted octanol–water partition coefficient (Wildman–Crippen LogP) is 6.28. The fourth-order valence-corrected chi connectivity index (χ4v) is 4.59. The molecule has 0 fully saturated rings. The van der Waals surface area contributed by atoms with Gasteiger partial charge in [-0.1, -0.05) is 18.2 Å². The number of fused-ring (bicyclic) bond motifs is 2. The normalized spacial score (nSPS) is 12.2. The van der Waals surface area contributed by atoms with Crippen molar-refractivity contribution in [3.63, 3.8) is 0 Å². The Hall–Kier alpha value is -4.37. The fraction of sp³-hybridized carbons (Fsp3) is 0.0385. The summed E-state index contributed by atoms with van der Waals surface area (Å²) in [6.07, 6.45) is 0. The average Bonchev–Trinajstić information content (AvgIpc) is 3.52. The number of amides is 1. The van der Waals surface area contributed by atoms with E-state index in [-0.39, 0.29) is 18.3 Å². The van der Waals surface area contributed by atoms with Crippen LogP contribution in [0, 0.1) is 11.6 Å². The van der Waals surface area contributed by atoms with Crippen molar-refractivity contribution in [1.29, 1.82) is 0 Å². The molecule has 172 valence electrons. The maximum atomic E-state index is 14.1. The van der Waals surface area contributed by atoms with E-state index in [1.807, 2.05) is 36.4 Å². The summed E-state index contributed by atoms with van der Waals surface area (Å²) in [5.74, 6) is -0.498. The van der Waals surface area contributed by atoms with Crippen molar-refractivity contribution in [2.75, 3.05) is 12.1 Å². The lowest BCUT2D eigenvalue weighted by atomic mass is 10.0. The molecule has 0 saturated carbocycles. The molecule has 35 heavy (non-hydrogen) atoms. The van der Waals surface area contributed by atoms with E-state index in [0.29, 0.717) is 44.5 Å². The van der Waals surface area contributed by atoms with E-state index in [0.717, 1.165) is 29.0 Å². The number of pyridine rings is 1. The number of ether oxygens (including phenoxy) is 2. The molecule has 1 aliphatic heterocycles. The van der Waals surface area contributed by atoms with Crippen LogP contribution in [0.15, 0.2) is 72.1 Å². The first kappa shape index (κ1) is 21.2. The van der Waals surface area contributed by atoms with Crippen molar-refractivity contribution in [3.8, 4) is 34.0 Å². The van der Waals surface area contributed by atoms with Crippen molar-refractivity contribution in [2.24, 2.45) is 0 Å². The molecule has 1 aliphatic rings. The second kappa shape index (κ2) is 8.44. The summed E-state index contributed by atoms with van der Waals surface area (Å²) in [6, 6.07) is 17.8. The molecule has 2 aromatic heterocycles. The number of aromatic nitrogens is 2. The number of carbonyl (C=O) groups excluding carboxylic acids is 1. The molecule has 1 amide bonds. The molecule has 3 heterocycles. The number of hydrogen-bond donors (Lipinski definition) is 1. The molecule has 0 atom stereocenters. The van der Waals surface area contributed by atoms with Crippen LogP contribution in [0.2, 0.25) is 0 Å². The van der Waals surface area contributed by atoms with Gasteiger partial charge in [-0.05, 0) is 42.5 Å². The van der Waals surface area contributed by atoms with E-state index in [9.17, 15) is 13.6 Å². The Labute approximate surface area is 201 Å². The molecule has 1 N–H and O–H groups in total. The highest BCUT2D eigenvalue weighted by atomic mass is 32.1. The van der Waals surface area contributed by atoms with Crippen LogP contribution in [0.4, 0.5) is 13.9 Å². The topological polar surface area (TPSA) is 73.3 Å². The van der Waals surface area contributed by atoms with Gasteiger partial charge in [0, 0.05) is 28.0 Å². The summed E-state index contributed by atoms with van der Waals surface area (Å²) in [5, 5.41) is 5.36. The average molecular weight is 487 g/mol. The van der Waals surface area contributed by atoms with Crippen molar-refractivity contribution >= 4 is 33.3 Å². The second-order valence-corrected chi connectivity index (χ2v) is 8.61. The Morgan fingerprint density at radius 2 is 1.77 bits per heavy atom. The van der Waals surface area contributed by atoms with Gasteiger partial charge in [0.15, 0.2) is 16.6 Å². The Balaban J connectivity index is 1.35. The Morgan fingerprint density at radius 3 is 2.66 bits per heavy atom. The molecule has 0 aliphatic carbocycles. The zero-order valence-corrected chi connectivity index (χ0v) is 18.7. The number of halogens is 2. The van der Waals surface area contributed by atoms with Gasteiger partial charge < -0.3 is 9.47 Å². The number of carbonyl (C=O) groups is 1. The third kappa shape index (κ3) is 3.95. The van der Waals surface area contributed by atoms with Crippen molar-refractivity contribution in [3.05, 3.63) is 89.3 Å². The number of nitrogens with zero attached hydrogens (tertiary/aromatic N) is 2. The van der Waals surface area contributed by atoms with Gasteiger partial charge in [0.2, 0.25) is 6.79 Å². The molecule has 0 unspecified atom stereocenters. The summed E-state index contributed by atoms with van der Waals surface area (Å²) in [6.45, 7) is 0.162. The monoisotopic (exact) mass is 487 g/mol. The number of hydrogen-bond acceptors (Lipinski definition) is 6. The molecular formula is C26H15F2N3O3S. The Morgan fingerprint density at radius 1 is 0.914 bits per heavy atom. The highest BCUT2D eigenvalue weighted by Crippen LogP contribution is 2.36. The first-order valence-corrected chi connectivity index (χ1v) is 11.5. The minimum absolute atomic E-state index is 0.155. The van der Waals surface area contributed by atoms with E-state index < -0.39 is 11.6 Å². The number of benzene rings is 3. The molecule has 0 spiro atoms. The minimum atomic E-state index is -0.721. The molecule has 0 saturated heterocycles. The number of nitrogens with one attached hydrogen (secondary N) is 1. The van der Waals surface area contributed by atoms with Crippen LogP contribution in [-0.2, 0) is 0 Å². The van der Waals surface area contributed by atoms with Crippen molar-refractivity contribution in [2.45, 2.75) is 0 Å². The molecule has 0 bridgehead atoms. The molecular weight excluding hydrogens is 472 g/mol. The van der Waals surface area contributed by atoms with Crippen LogP contribution in [-0.4, -0.2) is 22.7 Å². The standard InChI is InChI=1S/C26H15F2N3O3S/c27-15-6-7-17(19(28)10-15)22-12-35-26(30-22)31-25(32)18-11-21(29-20-4-2-1-3-16(18)20)14-5-8-23-24(9-14)34-13-33-23/h1-12H,13H2,(H,30,31,32). The highest BCUT2D eigenvalue weighted by Gasteiger charge is 2.19. The number of anilines is 1. The van der Waals surface area contributed by atoms with Crippen molar-refractivity contribution in [1.82, 2.24) is 9.97 Å². The van der Waals surface area contributed by atoms with Gasteiger partial charge in [0.25, 0.3) is 5.91 Å². The largest absolute Gasteiger partial charge is 0.454 e. The van der Waals surface area contributed by atoms with E-state index >= 15 is 0 Å². The van der Waals surface area contributed by atoms with Crippen LogP contribution in [0.5, 0.6) is 11.5 Å². The van der Waals surface area contributed by atoms with Crippen LogP contribution in [0.1, 0.15) is 10.4 Å². The molecule has 6 nitrogen and oxygen atoms in total. The highest BCUT2D eigenvalue weighted by molar-refractivity contribution is 7.14. The lowest BCUT2D eigenvalue weighted by Crippen LogP contribution is -2.13. The van der Waals surface area contributed by atoms with Crippen LogP contribution >= 0.6 is 11.3 Å². The van der Waals surface area contributed by atoms with E-state index in [1.54, 1.807) is 17.5 Å². The first-order chi connectivity index (χ1) is 17.0. The summed E-state index contributed by atoms with van der Waals surface area (Å²) in [7, 11) is 0. The summed E-state index contributed by atoms with van der Waals surface area (Å²) in [4.78, 5) is 22.4. The molecule has 3 aromatic carbocycles. The van der Waals surface area contributed by atoms with Gasteiger partial charge in [-0.15, -0.1) is 11.3 Å². The maximum absolute atomic E-state index is 14.1. The van der Waals surface area contributed by atoms with Gasteiger partial charge >= 0.3 is 0 Å². The zero-order valence-electron chi connectivity index (χ0n) is 17.9. The van der Waals surface area contributed by atoms with E-state index in [1.165, 1.54) is 6.07 Å². The second-order valence-electron chi connectivity index (χ2n) is 7.76. The van der Waals surface area contributed by atoms with Crippen molar-refractivity contribution < 1.29 is 23.0 Å². The van der Waals surface area contributed by atoms with Gasteiger partial charge in [-0.2, -0.15) is 0 Å². The smallest absolute Gasteiger partial charge is 0.258 e. The van der Waals surface area contributed by atoms with Gasteiger partial charge in [0.1, 0.15) is 11.6 Å². The van der Waals surface area contributed by atoms with Gasteiger partial charge in [-0.25, -0.2) is 18.7 Å². The van der Waals surface area contributed by atoms with E-state index in [2.05, 4.69) is 10.3 Å². The molecule has 5 aromatic rings. The summed E-state index contributed by atoms with van der Waals surface area (Å²) < 4.78 is 38.2. The third-order valence-electron chi connectivity index (χ3n) is 5.56. The third-order valence-corrected chi connectivity index (χ3v) is 6.32. The van der Waals surface area contributed by atoms with Gasteiger partial charge in [0.05, 0.1) is 22.5 Å². The minimum Gasteiger partial charge on any atom is -0.454 e. The molecule has 0 radical (unpaired) electrons. The van der Waals surface area contributed by atoms with Crippen LogP contribution in [0.25, 0.3) is 33.4 Å². The summed E-state index contributed by atoms with van der Waals surface area (Å²) >= 11 is 1.15. The Kier molecular flexibility index (Phi) is 5.11. The van der Waals surface area contributed by atoms with Crippen LogP contribution < -0.4 is 14.8 Å². The lowest BCUT2D eigenvalue weighted by Gasteiger charge is -2.10. The zero-order chi connectivity index (χ0) is 23.9. The molecule has 9 heteroatoms. The SMILES string of the molecule is O=C(Nc1nc(-c2ccc(F)cc2F)cs1)c1cc(-c2ccc3c(c2)OCO3)nc2ccccc12.